The second-order valence-corrected chi connectivity index (χ2v) is 24.5. The van der Waals surface area contributed by atoms with Gasteiger partial charge < -0.3 is 14.2 Å². The third-order valence-corrected chi connectivity index (χ3v) is 16.3. The van der Waals surface area contributed by atoms with Crippen molar-refractivity contribution in [3.63, 3.8) is 0 Å². The van der Waals surface area contributed by atoms with Crippen LogP contribution in [0.15, 0.2) is 60.8 Å². The first-order chi connectivity index (χ1) is 40.5. The monoisotopic (exact) mass is 1150 g/mol. The highest BCUT2D eigenvalue weighted by Gasteiger charge is 2.19. The van der Waals surface area contributed by atoms with Crippen molar-refractivity contribution in [1.29, 1.82) is 0 Å². The van der Waals surface area contributed by atoms with Crippen molar-refractivity contribution in [2.45, 2.75) is 393 Å². The number of rotatable bonds is 67. The fraction of sp³-hybridized carbons (Fsp3) is 0.829. The van der Waals surface area contributed by atoms with Gasteiger partial charge in [-0.05, 0) is 83.5 Å². The molecule has 0 aliphatic rings. The van der Waals surface area contributed by atoms with E-state index in [4.69, 9.17) is 14.2 Å². The van der Waals surface area contributed by atoms with E-state index in [1.165, 1.54) is 250 Å². The molecule has 0 N–H and O–H groups in total. The predicted molar refractivity (Wildman–Crippen MR) is 358 cm³/mol. The van der Waals surface area contributed by atoms with Crippen LogP contribution in [0, 0.1) is 0 Å². The van der Waals surface area contributed by atoms with Crippen molar-refractivity contribution in [3.05, 3.63) is 60.8 Å². The van der Waals surface area contributed by atoms with Gasteiger partial charge in [0, 0.05) is 19.3 Å². The van der Waals surface area contributed by atoms with Gasteiger partial charge in [0.2, 0.25) is 0 Å². The molecule has 1 unspecified atom stereocenters. The Morgan fingerprint density at radius 3 is 0.780 bits per heavy atom. The van der Waals surface area contributed by atoms with Crippen molar-refractivity contribution < 1.29 is 28.6 Å². The third-order valence-electron chi connectivity index (χ3n) is 16.3. The highest BCUT2D eigenvalue weighted by atomic mass is 16.6. The highest BCUT2D eigenvalue weighted by Crippen LogP contribution is 2.19. The summed E-state index contributed by atoms with van der Waals surface area (Å²) in [7, 11) is 0. The third kappa shape index (κ3) is 67.9. The van der Waals surface area contributed by atoms with Gasteiger partial charge >= 0.3 is 17.9 Å². The van der Waals surface area contributed by atoms with E-state index in [9.17, 15) is 14.4 Å². The maximum atomic E-state index is 12.9. The van der Waals surface area contributed by atoms with Gasteiger partial charge in [-0.2, -0.15) is 0 Å². The van der Waals surface area contributed by atoms with E-state index in [0.717, 1.165) is 96.3 Å². The van der Waals surface area contributed by atoms with Crippen LogP contribution in [-0.4, -0.2) is 37.2 Å². The zero-order valence-electron chi connectivity index (χ0n) is 55.0. The molecule has 0 radical (unpaired) electrons. The fourth-order valence-corrected chi connectivity index (χ4v) is 10.8. The average molecular weight is 1150 g/mol. The molecule has 0 fully saturated rings. The molecular formula is C76H138O6. The van der Waals surface area contributed by atoms with Crippen molar-refractivity contribution in [2.75, 3.05) is 13.2 Å². The smallest absolute Gasteiger partial charge is 0.306 e. The number of hydrogen-bond donors (Lipinski definition) is 0. The zero-order chi connectivity index (χ0) is 59.2. The summed E-state index contributed by atoms with van der Waals surface area (Å²) in [5.74, 6) is -0.872. The molecule has 0 amide bonds. The van der Waals surface area contributed by atoms with Gasteiger partial charge in [-0.1, -0.05) is 345 Å². The second kappa shape index (κ2) is 70.6. The molecular weight excluding hydrogens is 1010 g/mol. The molecule has 0 aliphatic carbocycles. The lowest BCUT2D eigenvalue weighted by Crippen LogP contribution is -2.30. The Labute approximate surface area is 510 Å². The molecule has 0 aromatic carbocycles. The van der Waals surface area contributed by atoms with Crippen LogP contribution in [0.25, 0.3) is 0 Å². The largest absolute Gasteiger partial charge is 0.462 e. The Kier molecular flexibility index (Phi) is 68.1. The number of carbonyl (C=O) groups is 3. The summed E-state index contributed by atoms with van der Waals surface area (Å²) >= 11 is 0. The van der Waals surface area contributed by atoms with E-state index in [0.29, 0.717) is 19.3 Å². The van der Waals surface area contributed by atoms with Crippen LogP contribution in [0.1, 0.15) is 387 Å². The molecule has 6 nitrogen and oxygen atoms in total. The van der Waals surface area contributed by atoms with Crippen molar-refractivity contribution >= 4 is 17.9 Å². The number of hydrogen-bond acceptors (Lipinski definition) is 6. The molecule has 0 bridgehead atoms. The van der Waals surface area contributed by atoms with E-state index in [1.54, 1.807) is 0 Å². The zero-order valence-corrected chi connectivity index (χ0v) is 55.0. The number of carbonyl (C=O) groups excluding carboxylic acids is 3. The lowest BCUT2D eigenvalue weighted by atomic mass is 10.0. The predicted octanol–water partition coefficient (Wildman–Crippen LogP) is 25.1. The number of allylic oxidation sites excluding steroid dienone is 10. The molecule has 0 aromatic rings. The second-order valence-electron chi connectivity index (χ2n) is 24.5. The first-order valence-electron chi connectivity index (χ1n) is 36.3. The SMILES string of the molecule is CC/C=C\C/C=C\C/C=C\C/C=C\CCCCCCCCCCC(=O)OC(COC(=O)CCCCCCC/C=C\CCCCC)COC(=O)CCCCCCCCCCCCCCCCCCCCCCCCCCCCCCCCC. The van der Waals surface area contributed by atoms with E-state index >= 15 is 0 Å². The number of ether oxygens (including phenoxy) is 3. The maximum Gasteiger partial charge on any atom is 0.306 e. The van der Waals surface area contributed by atoms with E-state index in [-0.39, 0.29) is 31.1 Å². The summed E-state index contributed by atoms with van der Waals surface area (Å²) in [5, 5.41) is 0. The molecule has 0 spiro atoms. The van der Waals surface area contributed by atoms with Crippen molar-refractivity contribution in [2.24, 2.45) is 0 Å². The molecule has 0 saturated carbocycles. The van der Waals surface area contributed by atoms with Crippen LogP contribution in [0.3, 0.4) is 0 Å². The Morgan fingerprint density at radius 1 is 0.256 bits per heavy atom. The van der Waals surface area contributed by atoms with Crippen LogP contribution in [0.2, 0.25) is 0 Å². The number of esters is 3. The lowest BCUT2D eigenvalue weighted by Gasteiger charge is -2.18. The molecule has 1 atom stereocenters. The number of unbranched alkanes of at least 4 members (excludes halogenated alkanes) is 46. The minimum absolute atomic E-state index is 0.0766. The summed E-state index contributed by atoms with van der Waals surface area (Å²) in [6, 6.07) is 0. The molecule has 0 aromatic heterocycles. The Morgan fingerprint density at radius 2 is 0.476 bits per heavy atom. The summed E-state index contributed by atoms with van der Waals surface area (Å²) in [6.45, 7) is 6.55. The van der Waals surface area contributed by atoms with Crippen LogP contribution < -0.4 is 0 Å². The molecule has 6 heteroatoms. The Hall–Kier alpha value is -2.89. The molecule has 478 valence electrons. The molecule has 0 aliphatic heterocycles. The molecule has 0 saturated heterocycles. The lowest BCUT2D eigenvalue weighted by molar-refractivity contribution is -0.167. The van der Waals surface area contributed by atoms with Crippen LogP contribution >= 0.6 is 0 Å². The van der Waals surface area contributed by atoms with Gasteiger partial charge in [0.15, 0.2) is 6.10 Å². The highest BCUT2D eigenvalue weighted by molar-refractivity contribution is 5.71. The van der Waals surface area contributed by atoms with Gasteiger partial charge in [0.25, 0.3) is 0 Å². The normalized spacial score (nSPS) is 12.4. The van der Waals surface area contributed by atoms with Crippen molar-refractivity contribution in [3.8, 4) is 0 Å². The van der Waals surface area contributed by atoms with Gasteiger partial charge in [-0.15, -0.1) is 0 Å². The van der Waals surface area contributed by atoms with E-state index in [1.807, 2.05) is 0 Å². The molecule has 82 heavy (non-hydrogen) atoms. The van der Waals surface area contributed by atoms with Crippen molar-refractivity contribution in [1.82, 2.24) is 0 Å². The summed E-state index contributed by atoms with van der Waals surface area (Å²) < 4.78 is 17.0. The van der Waals surface area contributed by atoms with Crippen LogP contribution in [0.5, 0.6) is 0 Å². The Balaban J connectivity index is 4.15. The van der Waals surface area contributed by atoms with Gasteiger partial charge in [-0.3, -0.25) is 14.4 Å². The maximum absolute atomic E-state index is 12.9. The fourth-order valence-electron chi connectivity index (χ4n) is 10.8. The first kappa shape index (κ1) is 79.1. The Bertz CT molecular complexity index is 1460. The molecule has 0 heterocycles. The topological polar surface area (TPSA) is 78.9 Å². The summed E-state index contributed by atoms with van der Waals surface area (Å²) in [4.78, 5) is 38.4. The summed E-state index contributed by atoms with van der Waals surface area (Å²) in [6.07, 6.45) is 91.3. The van der Waals surface area contributed by atoms with Crippen LogP contribution in [0.4, 0.5) is 0 Å². The van der Waals surface area contributed by atoms with Gasteiger partial charge in [0.1, 0.15) is 13.2 Å². The summed E-state index contributed by atoms with van der Waals surface area (Å²) in [5.41, 5.74) is 0. The van der Waals surface area contributed by atoms with Crippen LogP contribution in [-0.2, 0) is 28.6 Å². The minimum Gasteiger partial charge on any atom is -0.462 e. The van der Waals surface area contributed by atoms with E-state index < -0.39 is 6.10 Å². The van der Waals surface area contributed by atoms with E-state index in [2.05, 4.69) is 81.5 Å². The first-order valence-corrected chi connectivity index (χ1v) is 36.3. The molecule has 0 rings (SSSR count). The average Bonchev–Trinajstić information content (AvgIpc) is 3.47. The minimum atomic E-state index is -0.782. The van der Waals surface area contributed by atoms with Gasteiger partial charge in [-0.25, -0.2) is 0 Å². The standard InChI is InChI=1S/C76H138O6/c1-4-7-10-13-16-19-22-25-27-29-31-33-34-35-36-37-38-39-40-41-42-44-45-47-49-51-54-57-60-63-66-69-75(78)81-72-73(71-80-74(77)68-65-62-59-56-53-24-21-18-15-12-9-6-3)82-76(79)70-67-64-61-58-55-52-50-48-46-43-32-30-28-26-23-20-17-14-11-8-5-2/h8,11,17-18,20-21,26,28,32,43,73H,4-7,9-10,12-16,19,22-25,27,29-31,33-42,44-72H2,1-3H3/b11-8-,20-17-,21-18-,28-26-,43-32-. The van der Waals surface area contributed by atoms with Gasteiger partial charge in [0.05, 0.1) is 0 Å². The quantitative estimate of drug-likeness (QED) is 0.0261.